The lowest BCUT2D eigenvalue weighted by Gasteiger charge is -1.89. The van der Waals surface area contributed by atoms with Crippen molar-refractivity contribution in [3.05, 3.63) is 12.7 Å². The largest absolute Gasteiger partial charge is 0.400 e. The SMILES string of the molecule is C=CC(=O)OC(=S)Cl. The van der Waals surface area contributed by atoms with E-state index >= 15 is 0 Å². The van der Waals surface area contributed by atoms with Gasteiger partial charge in [0.15, 0.2) is 0 Å². The van der Waals surface area contributed by atoms with Gasteiger partial charge in [-0.15, -0.1) is 0 Å². The van der Waals surface area contributed by atoms with Gasteiger partial charge in [0.25, 0.3) is 4.51 Å². The van der Waals surface area contributed by atoms with E-state index in [-0.39, 0.29) is 4.51 Å². The Balaban J connectivity index is 3.55. The van der Waals surface area contributed by atoms with Crippen molar-refractivity contribution in [2.45, 2.75) is 0 Å². The summed E-state index contributed by atoms with van der Waals surface area (Å²) in [4.78, 5) is 10.1. The lowest BCUT2D eigenvalue weighted by Crippen LogP contribution is -2.00. The maximum atomic E-state index is 10.1. The summed E-state index contributed by atoms with van der Waals surface area (Å²) in [6, 6.07) is 0. The normalized spacial score (nSPS) is 7.62. The number of esters is 1. The molecule has 4 heteroatoms. The molecule has 0 spiro atoms. The lowest BCUT2D eigenvalue weighted by atomic mass is 10.7. The van der Waals surface area contributed by atoms with Crippen LogP contribution in [0.1, 0.15) is 0 Å². The van der Waals surface area contributed by atoms with Gasteiger partial charge in [0.2, 0.25) is 0 Å². The Hall–Kier alpha value is -0.410. The van der Waals surface area contributed by atoms with E-state index in [4.69, 9.17) is 11.6 Å². The number of carbonyl (C=O) groups excluding carboxylic acids is 1. The zero-order chi connectivity index (χ0) is 6.57. The smallest absolute Gasteiger partial charge is 0.337 e. The van der Waals surface area contributed by atoms with Crippen LogP contribution in [0.3, 0.4) is 0 Å². The van der Waals surface area contributed by atoms with Crippen molar-refractivity contribution in [3.8, 4) is 0 Å². The molecule has 0 saturated heterocycles. The first-order chi connectivity index (χ1) is 3.66. The van der Waals surface area contributed by atoms with E-state index in [9.17, 15) is 4.79 Å². The molecule has 0 amide bonds. The van der Waals surface area contributed by atoms with Crippen molar-refractivity contribution in [2.24, 2.45) is 0 Å². The molecule has 0 fully saturated rings. The Bertz CT molecular complexity index is 132. The first-order valence-electron chi connectivity index (χ1n) is 1.70. The Morgan fingerprint density at radius 2 is 2.38 bits per heavy atom. The van der Waals surface area contributed by atoms with E-state index in [1.165, 1.54) is 0 Å². The Kier molecular flexibility index (Phi) is 3.39. The third kappa shape index (κ3) is 3.77. The van der Waals surface area contributed by atoms with Gasteiger partial charge in [-0.3, -0.25) is 0 Å². The molecule has 0 atom stereocenters. The van der Waals surface area contributed by atoms with E-state index in [2.05, 4.69) is 23.5 Å². The van der Waals surface area contributed by atoms with Crippen molar-refractivity contribution in [3.63, 3.8) is 0 Å². The van der Waals surface area contributed by atoms with Crippen LogP contribution in [-0.4, -0.2) is 10.5 Å². The molecule has 0 N–H and O–H groups in total. The number of thiocarbonyl (C=S) groups is 1. The molecule has 0 aromatic rings. The number of rotatable bonds is 1. The second-order valence-corrected chi connectivity index (χ2v) is 1.80. The van der Waals surface area contributed by atoms with Gasteiger partial charge in [-0.2, -0.15) is 0 Å². The van der Waals surface area contributed by atoms with Crippen LogP contribution in [0.2, 0.25) is 0 Å². The molecule has 0 aliphatic rings. The highest BCUT2D eigenvalue weighted by Gasteiger charge is 1.95. The Morgan fingerprint density at radius 3 is 2.50 bits per heavy atom. The second-order valence-electron chi connectivity index (χ2n) is 0.863. The number of hydrogen-bond donors (Lipinski definition) is 0. The fraction of sp³-hybridized carbons (Fsp3) is 0. The summed E-state index contributed by atoms with van der Waals surface area (Å²) in [5, 5.41) is 0. The summed E-state index contributed by atoms with van der Waals surface area (Å²) in [5.41, 5.74) is 0. The van der Waals surface area contributed by atoms with Gasteiger partial charge in [0.1, 0.15) is 0 Å². The van der Waals surface area contributed by atoms with Gasteiger partial charge in [-0.1, -0.05) is 6.58 Å². The van der Waals surface area contributed by atoms with E-state index in [0.717, 1.165) is 6.08 Å². The van der Waals surface area contributed by atoms with Crippen LogP contribution in [0.5, 0.6) is 0 Å². The molecule has 0 aliphatic heterocycles. The molecule has 0 radical (unpaired) electrons. The molecular weight excluding hydrogens is 148 g/mol. The van der Waals surface area contributed by atoms with Gasteiger partial charge < -0.3 is 4.74 Å². The molecule has 0 rings (SSSR count). The highest BCUT2D eigenvalue weighted by Crippen LogP contribution is 1.88. The second kappa shape index (κ2) is 3.57. The maximum absolute atomic E-state index is 10.1. The highest BCUT2D eigenvalue weighted by molar-refractivity contribution is 7.82. The minimum Gasteiger partial charge on any atom is -0.400 e. The summed E-state index contributed by atoms with van der Waals surface area (Å²) in [7, 11) is 0. The lowest BCUT2D eigenvalue weighted by molar-refractivity contribution is -0.129. The van der Waals surface area contributed by atoms with Gasteiger partial charge in [0, 0.05) is 6.08 Å². The fourth-order valence-corrected chi connectivity index (χ4v) is 0.279. The molecule has 0 saturated carbocycles. The van der Waals surface area contributed by atoms with E-state index in [1.807, 2.05) is 0 Å². The summed E-state index contributed by atoms with van der Waals surface area (Å²) < 4.78 is 3.83. The molecule has 44 valence electrons. The number of ether oxygens (including phenoxy) is 1. The van der Waals surface area contributed by atoms with E-state index in [1.54, 1.807) is 0 Å². The maximum Gasteiger partial charge on any atom is 0.337 e. The van der Waals surface area contributed by atoms with Crippen molar-refractivity contribution in [1.29, 1.82) is 0 Å². The van der Waals surface area contributed by atoms with Gasteiger partial charge in [-0.25, -0.2) is 4.79 Å². The van der Waals surface area contributed by atoms with Gasteiger partial charge in [-0.05, 0) is 23.8 Å². The van der Waals surface area contributed by atoms with Gasteiger partial charge in [0.05, 0.1) is 0 Å². The zero-order valence-electron chi connectivity index (χ0n) is 3.89. The molecule has 0 aliphatic carbocycles. The summed E-state index contributed by atoms with van der Waals surface area (Å²) >= 11 is 9.20. The van der Waals surface area contributed by atoms with Crippen molar-refractivity contribution in [1.82, 2.24) is 0 Å². The summed E-state index contributed by atoms with van der Waals surface area (Å²) in [6.45, 7) is 3.12. The summed E-state index contributed by atoms with van der Waals surface area (Å²) in [6.07, 6.45) is 0.981. The molecular formula is C4H3ClO2S. The van der Waals surface area contributed by atoms with Crippen LogP contribution in [-0.2, 0) is 9.53 Å². The van der Waals surface area contributed by atoms with Gasteiger partial charge >= 0.3 is 5.97 Å². The van der Waals surface area contributed by atoms with Crippen LogP contribution >= 0.6 is 23.8 Å². The quantitative estimate of drug-likeness (QED) is 0.244. The molecule has 0 aromatic carbocycles. The average molecular weight is 151 g/mol. The summed E-state index contributed by atoms with van der Waals surface area (Å²) in [5.74, 6) is -0.634. The standard InChI is InChI=1S/C4H3ClO2S/c1-2-3(6)7-4(5)8/h2H,1H2. The van der Waals surface area contributed by atoms with Crippen LogP contribution < -0.4 is 0 Å². The Labute approximate surface area is 57.1 Å². The Morgan fingerprint density at radius 1 is 1.88 bits per heavy atom. The third-order valence-corrected chi connectivity index (χ3v) is 0.508. The van der Waals surface area contributed by atoms with Crippen molar-refractivity contribution < 1.29 is 9.53 Å². The predicted octanol–water partition coefficient (Wildman–Crippen LogP) is 1.24. The monoisotopic (exact) mass is 150 g/mol. The number of halogens is 1. The zero-order valence-corrected chi connectivity index (χ0v) is 5.46. The number of carbonyl (C=O) groups is 1. The van der Waals surface area contributed by atoms with E-state index in [0.29, 0.717) is 0 Å². The molecule has 0 bridgehead atoms. The molecule has 8 heavy (non-hydrogen) atoms. The minimum absolute atomic E-state index is 0.310. The van der Waals surface area contributed by atoms with Crippen LogP contribution in [0.25, 0.3) is 0 Å². The number of hydrogen-bond acceptors (Lipinski definition) is 3. The molecule has 0 aromatic heterocycles. The topological polar surface area (TPSA) is 26.3 Å². The molecule has 0 unspecified atom stereocenters. The minimum atomic E-state index is -0.634. The average Bonchev–Trinajstić information content (AvgIpc) is 1.65. The van der Waals surface area contributed by atoms with Crippen LogP contribution in [0, 0.1) is 0 Å². The van der Waals surface area contributed by atoms with Crippen LogP contribution in [0.4, 0.5) is 0 Å². The molecule has 2 nitrogen and oxygen atoms in total. The first kappa shape index (κ1) is 7.59. The first-order valence-corrected chi connectivity index (χ1v) is 2.49. The predicted molar refractivity (Wildman–Crippen MR) is 34.7 cm³/mol. The molecule has 0 heterocycles. The highest BCUT2D eigenvalue weighted by atomic mass is 35.5. The van der Waals surface area contributed by atoms with E-state index < -0.39 is 5.97 Å². The van der Waals surface area contributed by atoms with Crippen LogP contribution in [0.15, 0.2) is 12.7 Å². The van der Waals surface area contributed by atoms with Crippen molar-refractivity contribution in [2.75, 3.05) is 0 Å². The third-order valence-electron chi connectivity index (χ3n) is 0.348. The fourth-order valence-electron chi connectivity index (χ4n) is 0.121. The van der Waals surface area contributed by atoms with Crippen molar-refractivity contribution >= 4 is 34.3 Å².